The smallest absolute Gasteiger partial charge is 0.160 e. The molecule has 1 aliphatic carbocycles. The second-order valence-electron chi connectivity index (χ2n) is 12.3. The summed E-state index contributed by atoms with van der Waals surface area (Å²) >= 11 is 0. The molecule has 0 saturated heterocycles. The molecule has 8 rings (SSSR count). The normalized spacial score (nSPS) is 12.8. The lowest BCUT2D eigenvalue weighted by molar-refractivity contribution is 0.662. The quantitative estimate of drug-likeness (QED) is 0.204. The fourth-order valence-electron chi connectivity index (χ4n) is 6.86. The molecule has 2 heteroatoms. The highest BCUT2D eigenvalue weighted by molar-refractivity contribution is 5.89. The number of rotatable bonds is 5. The van der Waals surface area contributed by atoms with Gasteiger partial charge < -0.3 is 0 Å². The molecule has 0 aliphatic heterocycles. The van der Waals surface area contributed by atoms with Crippen LogP contribution in [0.1, 0.15) is 25.0 Å². The molecule has 1 aliphatic rings. The summed E-state index contributed by atoms with van der Waals surface area (Å²) in [5.41, 5.74) is 15.3. The van der Waals surface area contributed by atoms with Crippen molar-refractivity contribution < 1.29 is 0 Å². The van der Waals surface area contributed by atoms with Crippen LogP contribution in [-0.4, -0.2) is 9.97 Å². The summed E-state index contributed by atoms with van der Waals surface area (Å²) in [6, 6.07) is 55.9. The van der Waals surface area contributed by atoms with E-state index in [9.17, 15) is 0 Å². The predicted molar refractivity (Wildman–Crippen MR) is 187 cm³/mol. The van der Waals surface area contributed by atoms with Gasteiger partial charge in [-0.05, 0) is 56.6 Å². The van der Waals surface area contributed by atoms with Crippen LogP contribution in [0.4, 0.5) is 0 Å². The first-order valence-electron chi connectivity index (χ1n) is 15.5. The molecule has 7 aromatic rings. The van der Waals surface area contributed by atoms with Crippen molar-refractivity contribution in [3.05, 3.63) is 169 Å². The Morgan fingerprint density at radius 2 is 0.889 bits per heavy atom. The van der Waals surface area contributed by atoms with Crippen molar-refractivity contribution in [2.75, 3.05) is 0 Å². The Hall–Kier alpha value is -5.60. The number of aromatic nitrogens is 2. The number of fused-ring (bicyclic) bond motifs is 3. The number of hydrogen-bond donors (Lipinski definition) is 0. The van der Waals surface area contributed by atoms with Crippen molar-refractivity contribution in [2.24, 2.45) is 0 Å². The average molecular weight is 577 g/mol. The number of benzene rings is 6. The molecule has 0 saturated carbocycles. The van der Waals surface area contributed by atoms with Gasteiger partial charge in [0, 0.05) is 22.1 Å². The van der Waals surface area contributed by atoms with Crippen LogP contribution in [0.5, 0.6) is 0 Å². The zero-order chi connectivity index (χ0) is 30.4. The van der Waals surface area contributed by atoms with Gasteiger partial charge in [0.05, 0.1) is 11.4 Å². The van der Waals surface area contributed by atoms with E-state index in [1.165, 1.54) is 44.5 Å². The molecule has 1 heterocycles. The highest BCUT2D eigenvalue weighted by Crippen LogP contribution is 2.52. The van der Waals surface area contributed by atoms with Gasteiger partial charge in [-0.1, -0.05) is 159 Å². The summed E-state index contributed by atoms with van der Waals surface area (Å²) in [6.07, 6.45) is 0. The van der Waals surface area contributed by atoms with Crippen LogP contribution < -0.4 is 0 Å². The highest BCUT2D eigenvalue weighted by Gasteiger charge is 2.37. The Kier molecular flexibility index (Phi) is 6.50. The lowest BCUT2D eigenvalue weighted by atomic mass is 9.78. The van der Waals surface area contributed by atoms with Crippen LogP contribution in [0, 0.1) is 0 Å². The SMILES string of the molecule is CC1(C)c2ccccc2-c2cccc(-c3cccc(-c4ccc(-c5cc(-c6ccccc6)nc(-c6ccccc6)n5)cc4)c3)c21. The van der Waals surface area contributed by atoms with E-state index in [1.54, 1.807) is 0 Å². The molecule has 0 spiro atoms. The predicted octanol–water partition coefficient (Wildman–Crippen LogP) is 11.1. The Labute approximate surface area is 264 Å². The molecule has 0 radical (unpaired) electrons. The molecule has 0 bridgehead atoms. The van der Waals surface area contributed by atoms with Gasteiger partial charge in [0.25, 0.3) is 0 Å². The fraction of sp³-hybridized carbons (Fsp3) is 0.0698. The van der Waals surface area contributed by atoms with Crippen LogP contribution in [0.3, 0.4) is 0 Å². The maximum Gasteiger partial charge on any atom is 0.160 e. The van der Waals surface area contributed by atoms with E-state index in [4.69, 9.17) is 9.97 Å². The van der Waals surface area contributed by atoms with Gasteiger partial charge in [-0.25, -0.2) is 9.97 Å². The van der Waals surface area contributed by atoms with E-state index in [-0.39, 0.29) is 5.41 Å². The summed E-state index contributed by atoms with van der Waals surface area (Å²) in [4.78, 5) is 9.95. The van der Waals surface area contributed by atoms with Gasteiger partial charge in [0.1, 0.15) is 0 Å². The van der Waals surface area contributed by atoms with Crippen molar-refractivity contribution in [3.63, 3.8) is 0 Å². The molecular weight excluding hydrogens is 544 g/mol. The molecule has 0 amide bonds. The minimum absolute atomic E-state index is 0.0606. The Bertz CT molecular complexity index is 2100. The van der Waals surface area contributed by atoms with E-state index in [0.29, 0.717) is 0 Å². The van der Waals surface area contributed by atoms with Crippen LogP contribution in [-0.2, 0) is 5.41 Å². The van der Waals surface area contributed by atoms with Crippen molar-refractivity contribution >= 4 is 0 Å². The fourth-order valence-corrected chi connectivity index (χ4v) is 6.86. The lowest BCUT2D eigenvalue weighted by Crippen LogP contribution is -2.16. The van der Waals surface area contributed by atoms with Gasteiger partial charge in [-0.2, -0.15) is 0 Å². The standard InChI is InChI=1S/C43H32N2/c1-43(2)38-22-10-9-19-36(38)37-21-12-20-35(41(37)43)34-18-11-17-33(27-34)29-23-25-31(26-24-29)40-28-39(30-13-5-3-6-14-30)44-42(45-40)32-15-7-4-8-16-32/h3-28H,1-2H3. The van der Waals surface area contributed by atoms with Crippen molar-refractivity contribution in [1.29, 1.82) is 0 Å². The first-order valence-corrected chi connectivity index (χ1v) is 15.5. The summed E-state index contributed by atoms with van der Waals surface area (Å²) in [6.45, 7) is 4.70. The average Bonchev–Trinajstić information content (AvgIpc) is 3.35. The monoisotopic (exact) mass is 576 g/mol. The molecule has 2 nitrogen and oxygen atoms in total. The maximum atomic E-state index is 5.01. The van der Waals surface area contributed by atoms with E-state index in [1.807, 2.05) is 36.4 Å². The molecule has 0 unspecified atom stereocenters. The number of hydrogen-bond acceptors (Lipinski definition) is 2. The minimum Gasteiger partial charge on any atom is -0.228 e. The highest BCUT2D eigenvalue weighted by atomic mass is 14.9. The molecule has 0 atom stereocenters. The van der Waals surface area contributed by atoms with Crippen LogP contribution in [0.15, 0.2) is 158 Å². The molecule has 0 fully saturated rings. The summed E-state index contributed by atoms with van der Waals surface area (Å²) in [5, 5.41) is 0. The molecule has 6 aromatic carbocycles. The maximum absolute atomic E-state index is 5.01. The van der Waals surface area contributed by atoms with Crippen LogP contribution in [0.25, 0.3) is 67.3 Å². The van der Waals surface area contributed by atoms with Crippen molar-refractivity contribution in [2.45, 2.75) is 19.3 Å². The zero-order valence-electron chi connectivity index (χ0n) is 25.4. The van der Waals surface area contributed by atoms with E-state index < -0.39 is 0 Å². The first-order chi connectivity index (χ1) is 22.1. The zero-order valence-corrected chi connectivity index (χ0v) is 25.4. The van der Waals surface area contributed by atoms with Gasteiger partial charge in [0.15, 0.2) is 5.82 Å². The third kappa shape index (κ3) is 4.76. The third-order valence-electron chi connectivity index (χ3n) is 9.10. The lowest BCUT2D eigenvalue weighted by Gasteiger charge is -2.24. The second-order valence-corrected chi connectivity index (χ2v) is 12.3. The molecule has 1 aromatic heterocycles. The van der Waals surface area contributed by atoms with E-state index >= 15 is 0 Å². The van der Waals surface area contributed by atoms with Crippen LogP contribution >= 0.6 is 0 Å². The summed E-state index contributed by atoms with van der Waals surface area (Å²) in [5.74, 6) is 0.726. The van der Waals surface area contributed by atoms with Gasteiger partial charge >= 0.3 is 0 Å². The molecule has 0 N–H and O–H groups in total. The van der Waals surface area contributed by atoms with Gasteiger partial charge in [-0.3, -0.25) is 0 Å². The van der Waals surface area contributed by atoms with E-state index in [2.05, 4.69) is 135 Å². The third-order valence-corrected chi connectivity index (χ3v) is 9.10. The summed E-state index contributed by atoms with van der Waals surface area (Å²) < 4.78 is 0. The second kappa shape index (κ2) is 10.8. The van der Waals surface area contributed by atoms with Crippen molar-refractivity contribution in [3.8, 4) is 67.3 Å². The van der Waals surface area contributed by atoms with E-state index in [0.717, 1.165) is 33.9 Å². The Morgan fingerprint density at radius 1 is 0.378 bits per heavy atom. The Morgan fingerprint density at radius 3 is 1.62 bits per heavy atom. The topological polar surface area (TPSA) is 25.8 Å². The molecule has 45 heavy (non-hydrogen) atoms. The van der Waals surface area contributed by atoms with Gasteiger partial charge in [0.2, 0.25) is 0 Å². The first kappa shape index (κ1) is 27.0. The largest absolute Gasteiger partial charge is 0.228 e. The number of nitrogens with zero attached hydrogens (tertiary/aromatic N) is 2. The van der Waals surface area contributed by atoms with Crippen molar-refractivity contribution in [1.82, 2.24) is 9.97 Å². The minimum atomic E-state index is -0.0606. The summed E-state index contributed by atoms with van der Waals surface area (Å²) in [7, 11) is 0. The van der Waals surface area contributed by atoms with Gasteiger partial charge in [-0.15, -0.1) is 0 Å². The Balaban J connectivity index is 1.17. The molecular formula is C43H32N2. The molecule has 214 valence electrons. The van der Waals surface area contributed by atoms with Crippen LogP contribution in [0.2, 0.25) is 0 Å².